The fourth-order valence-corrected chi connectivity index (χ4v) is 3.63. The summed E-state index contributed by atoms with van der Waals surface area (Å²) in [4.78, 5) is 17.5. The summed E-state index contributed by atoms with van der Waals surface area (Å²) in [5, 5.41) is 7.59. The minimum Gasteiger partial charge on any atom is -0.302 e. The van der Waals surface area contributed by atoms with Gasteiger partial charge in [0.2, 0.25) is 5.91 Å². The fourth-order valence-electron chi connectivity index (χ4n) is 2.14. The van der Waals surface area contributed by atoms with Gasteiger partial charge in [0.25, 0.3) is 0 Å². The maximum Gasteiger partial charge on any atom is 0.226 e. The van der Waals surface area contributed by atoms with Gasteiger partial charge < -0.3 is 5.32 Å². The number of hydrogen-bond acceptors (Lipinski definition) is 4. The molecule has 1 atom stereocenters. The van der Waals surface area contributed by atoms with Gasteiger partial charge in [-0.2, -0.15) is 0 Å². The molecule has 2 aromatic rings. The molecule has 0 aromatic carbocycles. The van der Waals surface area contributed by atoms with E-state index in [1.165, 1.54) is 11.3 Å². The number of thiazole rings is 1. The number of carbonyl (C=O) groups excluding carboxylic acids is 1. The second-order valence-corrected chi connectivity index (χ2v) is 6.34. The van der Waals surface area contributed by atoms with E-state index in [0.717, 1.165) is 23.4 Å². The highest BCUT2D eigenvalue weighted by molar-refractivity contribution is 7.16. The van der Waals surface area contributed by atoms with Gasteiger partial charge in [-0.05, 0) is 30.2 Å². The molecular formula is C14H14N2OS2. The molecule has 0 radical (unpaired) electrons. The predicted octanol–water partition coefficient (Wildman–Crippen LogP) is 4.17. The quantitative estimate of drug-likeness (QED) is 0.859. The first-order valence-electron chi connectivity index (χ1n) is 6.27. The van der Waals surface area contributed by atoms with Crippen LogP contribution in [0.3, 0.4) is 0 Å². The second-order valence-electron chi connectivity index (χ2n) is 4.53. The van der Waals surface area contributed by atoms with Crippen LogP contribution in [-0.2, 0) is 4.79 Å². The van der Waals surface area contributed by atoms with E-state index >= 15 is 0 Å². The average Bonchev–Trinajstić information content (AvgIpc) is 3.09. The third kappa shape index (κ3) is 3.11. The molecule has 1 unspecified atom stereocenters. The van der Waals surface area contributed by atoms with Gasteiger partial charge >= 0.3 is 0 Å². The van der Waals surface area contributed by atoms with E-state index < -0.39 is 0 Å². The number of thiophene rings is 1. The van der Waals surface area contributed by atoms with Crippen molar-refractivity contribution in [1.82, 2.24) is 4.98 Å². The Morgan fingerprint density at radius 2 is 2.42 bits per heavy atom. The van der Waals surface area contributed by atoms with E-state index in [-0.39, 0.29) is 5.91 Å². The molecular weight excluding hydrogens is 276 g/mol. The van der Waals surface area contributed by atoms with E-state index in [4.69, 9.17) is 0 Å². The van der Waals surface area contributed by atoms with Crippen molar-refractivity contribution < 1.29 is 4.79 Å². The lowest BCUT2D eigenvalue weighted by atomic mass is 10.1. The van der Waals surface area contributed by atoms with Crippen molar-refractivity contribution in [2.45, 2.75) is 19.3 Å². The molecule has 2 aromatic heterocycles. The molecule has 1 amide bonds. The first-order chi connectivity index (χ1) is 9.31. The standard InChI is InChI=1S/C14H14N2OS2/c17-13(8-10-4-1-2-5-10)16-14-15-11(9-19-14)12-6-3-7-18-12/h1,3-4,6-7,9-10H,2,5,8H2,(H,15,16,17). The summed E-state index contributed by atoms with van der Waals surface area (Å²) in [5.41, 5.74) is 0.941. The monoisotopic (exact) mass is 290 g/mol. The third-order valence-corrected chi connectivity index (χ3v) is 4.73. The highest BCUT2D eigenvalue weighted by Gasteiger charge is 2.15. The van der Waals surface area contributed by atoms with Crippen LogP contribution in [0.5, 0.6) is 0 Å². The van der Waals surface area contributed by atoms with Crippen molar-refractivity contribution in [3.63, 3.8) is 0 Å². The molecule has 1 N–H and O–H groups in total. The molecule has 19 heavy (non-hydrogen) atoms. The van der Waals surface area contributed by atoms with Gasteiger partial charge in [-0.1, -0.05) is 18.2 Å². The third-order valence-electron chi connectivity index (χ3n) is 3.08. The SMILES string of the molecule is O=C(CC1C=CCC1)Nc1nc(-c2cccs2)cs1. The van der Waals surface area contributed by atoms with Crippen molar-refractivity contribution in [1.29, 1.82) is 0 Å². The molecule has 3 nitrogen and oxygen atoms in total. The summed E-state index contributed by atoms with van der Waals surface area (Å²) < 4.78 is 0. The summed E-state index contributed by atoms with van der Waals surface area (Å²) in [6, 6.07) is 4.04. The van der Waals surface area contributed by atoms with E-state index in [2.05, 4.69) is 22.5 Å². The predicted molar refractivity (Wildman–Crippen MR) is 80.5 cm³/mol. The average molecular weight is 290 g/mol. The van der Waals surface area contributed by atoms with E-state index in [9.17, 15) is 4.79 Å². The van der Waals surface area contributed by atoms with Crippen molar-refractivity contribution in [3.8, 4) is 10.6 Å². The van der Waals surface area contributed by atoms with E-state index in [0.29, 0.717) is 17.5 Å². The Labute approximate surface area is 120 Å². The van der Waals surface area contributed by atoms with Gasteiger partial charge in [-0.15, -0.1) is 22.7 Å². The summed E-state index contributed by atoms with van der Waals surface area (Å²) >= 11 is 3.14. The Hall–Kier alpha value is -1.46. The van der Waals surface area contributed by atoms with Crippen LogP contribution in [0.25, 0.3) is 10.6 Å². The fraction of sp³-hybridized carbons (Fsp3) is 0.286. The first-order valence-corrected chi connectivity index (χ1v) is 8.03. The molecule has 1 aliphatic rings. The van der Waals surface area contributed by atoms with Crippen molar-refractivity contribution in [2.75, 3.05) is 5.32 Å². The smallest absolute Gasteiger partial charge is 0.226 e. The van der Waals surface area contributed by atoms with Crippen LogP contribution in [0.4, 0.5) is 5.13 Å². The summed E-state index contributed by atoms with van der Waals surface area (Å²) in [5.74, 6) is 0.459. The van der Waals surface area contributed by atoms with Crippen LogP contribution < -0.4 is 5.32 Å². The molecule has 1 aliphatic carbocycles. The van der Waals surface area contributed by atoms with Crippen LogP contribution in [0.1, 0.15) is 19.3 Å². The van der Waals surface area contributed by atoms with Crippen LogP contribution >= 0.6 is 22.7 Å². The molecule has 0 bridgehead atoms. The number of allylic oxidation sites excluding steroid dienone is 2. The van der Waals surface area contributed by atoms with Gasteiger partial charge in [0.05, 0.1) is 10.6 Å². The van der Waals surface area contributed by atoms with Crippen LogP contribution in [0, 0.1) is 5.92 Å². The lowest BCUT2D eigenvalue weighted by Gasteiger charge is -2.06. The molecule has 0 fully saturated rings. The van der Waals surface area contributed by atoms with Gasteiger partial charge in [0, 0.05) is 11.8 Å². The van der Waals surface area contributed by atoms with Gasteiger partial charge in [-0.3, -0.25) is 4.79 Å². The molecule has 0 saturated carbocycles. The van der Waals surface area contributed by atoms with Crippen LogP contribution in [0.15, 0.2) is 35.0 Å². The maximum atomic E-state index is 11.9. The number of amides is 1. The first kappa shape index (κ1) is 12.6. The van der Waals surface area contributed by atoms with Gasteiger partial charge in [0.1, 0.15) is 0 Å². The number of aromatic nitrogens is 1. The minimum atomic E-state index is 0.0589. The highest BCUT2D eigenvalue weighted by Crippen LogP contribution is 2.28. The summed E-state index contributed by atoms with van der Waals surface area (Å²) in [7, 11) is 0. The molecule has 2 heterocycles. The molecule has 0 aliphatic heterocycles. The Balaban J connectivity index is 1.60. The van der Waals surface area contributed by atoms with Crippen LogP contribution in [-0.4, -0.2) is 10.9 Å². The Morgan fingerprint density at radius 3 is 3.16 bits per heavy atom. The molecule has 5 heteroatoms. The van der Waals surface area contributed by atoms with Gasteiger partial charge in [0.15, 0.2) is 5.13 Å². The number of nitrogens with zero attached hydrogens (tertiary/aromatic N) is 1. The molecule has 0 saturated heterocycles. The number of carbonyl (C=O) groups is 1. The normalized spacial score (nSPS) is 17.8. The molecule has 98 valence electrons. The van der Waals surface area contributed by atoms with E-state index in [1.807, 2.05) is 22.9 Å². The Kier molecular flexibility index (Phi) is 3.75. The summed E-state index contributed by atoms with van der Waals surface area (Å²) in [6.07, 6.45) is 7.03. The summed E-state index contributed by atoms with van der Waals surface area (Å²) in [6.45, 7) is 0. The Bertz CT molecular complexity index is 586. The second kappa shape index (κ2) is 5.67. The van der Waals surface area contributed by atoms with Crippen LogP contribution in [0.2, 0.25) is 0 Å². The lowest BCUT2D eigenvalue weighted by Crippen LogP contribution is -2.14. The number of rotatable bonds is 4. The topological polar surface area (TPSA) is 42.0 Å². The van der Waals surface area contributed by atoms with Crippen molar-refractivity contribution in [2.24, 2.45) is 5.92 Å². The molecule has 0 spiro atoms. The number of hydrogen-bond donors (Lipinski definition) is 1. The number of anilines is 1. The number of nitrogens with one attached hydrogen (secondary N) is 1. The van der Waals surface area contributed by atoms with Crippen molar-refractivity contribution >= 4 is 33.7 Å². The highest BCUT2D eigenvalue weighted by atomic mass is 32.1. The van der Waals surface area contributed by atoms with Gasteiger partial charge in [-0.25, -0.2) is 4.98 Å². The van der Waals surface area contributed by atoms with E-state index in [1.54, 1.807) is 11.3 Å². The molecule has 3 rings (SSSR count). The Morgan fingerprint density at radius 1 is 1.47 bits per heavy atom. The zero-order chi connectivity index (χ0) is 13.1. The van der Waals surface area contributed by atoms with Crippen molar-refractivity contribution in [3.05, 3.63) is 35.0 Å². The lowest BCUT2D eigenvalue weighted by molar-refractivity contribution is -0.116. The minimum absolute atomic E-state index is 0.0589. The zero-order valence-electron chi connectivity index (χ0n) is 10.3. The largest absolute Gasteiger partial charge is 0.302 e. The maximum absolute atomic E-state index is 11.9. The zero-order valence-corrected chi connectivity index (χ0v) is 12.0.